The fourth-order valence-electron chi connectivity index (χ4n) is 6.85. The van der Waals surface area contributed by atoms with Crippen LogP contribution in [0.4, 0.5) is 10.1 Å². The minimum absolute atomic E-state index is 0.00480. The number of amides is 1. The van der Waals surface area contributed by atoms with Crippen LogP contribution < -0.4 is 16.0 Å². The second-order valence-electron chi connectivity index (χ2n) is 11.8. The van der Waals surface area contributed by atoms with Crippen LogP contribution in [-0.4, -0.2) is 82.6 Å². The number of Topliss-reactive ketones (excluding diaryl/α,β-unsaturated/α-hetero) is 2. The zero-order chi connectivity index (χ0) is 31.5. The van der Waals surface area contributed by atoms with Crippen LogP contribution in [-0.2, 0) is 33.9 Å². The van der Waals surface area contributed by atoms with Crippen molar-refractivity contribution in [2.24, 2.45) is 17.6 Å². The zero-order valence-electron chi connectivity index (χ0n) is 24.3. The molecule has 11 nitrogen and oxygen atoms in total. The van der Waals surface area contributed by atoms with E-state index >= 15 is 0 Å². The Morgan fingerprint density at radius 1 is 1.09 bits per heavy atom. The lowest BCUT2D eigenvalue weighted by Crippen LogP contribution is -2.65. The summed E-state index contributed by atoms with van der Waals surface area (Å²) in [6.45, 7) is 0.264. The van der Waals surface area contributed by atoms with E-state index in [1.165, 1.54) is 11.0 Å². The fraction of sp³-hybridized carbons (Fsp3) is 0.387. The molecule has 4 atom stereocenters. The number of rotatable bonds is 7. The van der Waals surface area contributed by atoms with Crippen molar-refractivity contribution in [2.45, 2.75) is 37.6 Å². The fourth-order valence-corrected chi connectivity index (χ4v) is 6.85. The number of aliphatic hydroxyl groups excluding tert-OH is 2. The van der Waals surface area contributed by atoms with Crippen LogP contribution in [0.5, 0.6) is 5.75 Å². The number of carbonyl (C=O) groups excluding carboxylic acids is 3. The largest absolute Gasteiger partial charge is 0.508 e. The molecule has 3 aliphatic rings. The lowest BCUT2D eigenvalue weighted by Gasteiger charge is -2.50. The topological polar surface area (TPSA) is 177 Å². The first kappa shape index (κ1) is 30.2. The molecule has 0 aromatic heterocycles. The van der Waals surface area contributed by atoms with Gasteiger partial charge in [-0.2, -0.15) is 0 Å². The molecule has 2 aromatic carbocycles. The summed E-state index contributed by atoms with van der Waals surface area (Å²) >= 11 is 0. The average Bonchev–Trinajstić information content (AvgIpc) is 2.92. The Labute approximate surface area is 247 Å². The van der Waals surface area contributed by atoms with Gasteiger partial charge < -0.3 is 36.4 Å². The van der Waals surface area contributed by atoms with Gasteiger partial charge in [0.2, 0.25) is 5.78 Å². The molecular weight excluding hydrogens is 559 g/mol. The summed E-state index contributed by atoms with van der Waals surface area (Å²) in [6, 6.07) is 6.88. The Balaban J connectivity index is 1.62. The summed E-state index contributed by atoms with van der Waals surface area (Å²) in [7, 11) is 6.69. The highest BCUT2D eigenvalue weighted by Gasteiger charge is 2.64. The van der Waals surface area contributed by atoms with Crippen LogP contribution >= 0.6 is 0 Å². The normalized spacial score (nSPS) is 25.0. The van der Waals surface area contributed by atoms with Crippen LogP contribution in [0.15, 0.2) is 47.2 Å². The van der Waals surface area contributed by atoms with Gasteiger partial charge in [0.15, 0.2) is 11.4 Å². The molecule has 0 unspecified atom stereocenters. The predicted octanol–water partition coefficient (Wildman–Crippen LogP) is 1.46. The molecule has 5 rings (SSSR count). The highest BCUT2D eigenvalue weighted by atomic mass is 19.1. The SMILES string of the molecule is CN(C)c1cc(CNCc2ccccc2F)c(O)c2c1C[C@H]1C[C@H]3[C@H](N(C)C)C(=O)C(C(N)=O)=C(O)[C@@]3(O)C(=O)C1=C2O. The maximum Gasteiger partial charge on any atom is 0.255 e. The van der Waals surface area contributed by atoms with Crippen molar-refractivity contribution < 1.29 is 39.2 Å². The number of likely N-dealkylation sites (N-methyl/N-ethyl adjacent to an activating group) is 1. The van der Waals surface area contributed by atoms with E-state index in [2.05, 4.69) is 5.32 Å². The van der Waals surface area contributed by atoms with E-state index in [1.54, 1.807) is 57.4 Å². The van der Waals surface area contributed by atoms with Gasteiger partial charge in [-0.3, -0.25) is 19.3 Å². The van der Waals surface area contributed by atoms with E-state index in [4.69, 9.17) is 5.73 Å². The molecule has 1 fully saturated rings. The zero-order valence-corrected chi connectivity index (χ0v) is 24.3. The molecule has 12 heteroatoms. The Bertz CT molecular complexity index is 1620. The molecule has 0 aliphatic heterocycles. The molecule has 0 spiro atoms. The Hall–Kier alpha value is -4.26. The second kappa shape index (κ2) is 10.8. The van der Waals surface area contributed by atoms with Crippen molar-refractivity contribution in [3.05, 3.63) is 75.3 Å². The third-order valence-corrected chi connectivity index (χ3v) is 8.85. The predicted molar refractivity (Wildman–Crippen MR) is 156 cm³/mol. The van der Waals surface area contributed by atoms with Crippen LogP contribution in [0.3, 0.4) is 0 Å². The van der Waals surface area contributed by atoms with Gasteiger partial charge in [0.25, 0.3) is 5.91 Å². The van der Waals surface area contributed by atoms with Gasteiger partial charge >= 0.3 is 0 Å². The standard InChI is InChI=1S/C31H35FN4O7/c1-35(2)20-11-16(13-34-12-14-7-5-6-8-19(14)32)25(37)22-17(20)9-15-10-18-24(36(3)4)27(39)23(30(33)42)29(41)31(18,43)28(40)21(15)26(22)38/h5-8,11,15,18,24,34,37-38,41,43H,9-10,12-13H2,1-4H3,(H2,33,42)/t15-,18-,24-,31-/m0/s1. The summed E-state index contributed by atoms with van der Waals surface area (Å²) in [5, 5.41) is 48.9. The molecule has 7 N–H and O–H groups in total. The number of aliphatic hydroxyl groups is 3. The van der Waals surface area contributed by atoms with Crippen LogP contribution in [0, 0.1) is 17.7 Å². The summed E-state index contributed by atoms with van der Waals surface area (Å²) in [5.74, 6) is -7.35. The van der Waals surface area contributed by atoms with E-state index in [9.17, 15) is 39.2 Å². The van der Waals surface area contributed by atoms with Gasteiger partial charge in [0, 0.05) is 55.5 Å². The first-order chi connectivity index (χ1) is 20.2. The minimum atomic E-state index is -2.70. The molecule has 1 saturated carbocycles. The number of nitrogens with two attached hydrogens (primary N) is 1. The number of phenols is 1. The summed E-state index contributed by atoms with van der Waals surface area (Å²) in [5.41, 5.74) is 3.63. The van der Waals surface area contributed by atoms with Gasteiger partial charge in [-0.1, -0.05) is 18.2 Å². The van der Waals surface area contributed by atoms with Gasteiger partial charge in [-0.05, 0) is 50.6 Å². The van der Waals surface area contributed by atoms with Crippen molar-refractivity contribution in [1.29, 1.82) is 0 Å². The number of benzene rings is 2. The number of fused-ring (bicyclic) bond motifs is 3. The quantitative estimate of drug-likeness (QED) is 0.257. The van der Waals surface area contributed by atoms with Crippen molar-refractivity contribution in [2.75, 3.05) is 33.1 Å². The highest BCUT2D eigenvalue weighted by Crippen LogP contribution is 2.54. The van der Waals surface area contributed by atoms with Gasteiger partial charge in [-0.15, -0.1) is 0 Å². The number of anilines is 1. The molecule has 2 aromatic rings. The van der Waals surface area contributed by atoms with Crippen molar-refractivity contribution in [1.82, 2.24) is 10.2 Å². The number of primary amides is 1. The average molecular weight is 595 g/mol. The van der Waals surface area contributed by atoms with E-state index in [1.807, 2.05) is 0 Å². The molecule has 228 valence electrons. The Kier molecular flexibility index (Phi) is 7.57. The Morgan fingerprint density at radius 2 is 1.74 bits per heavy atom. The molecule has 0 saturated heterocycles. The molecular formula is C31H35FN4O7. The Morgan fingerprint density at radius 3 is 2.35 bits per heavy atom. The van der Waals surface area contributed by atoms with Crippen LogP contribution in [0.1, 0.15) is 28.7 Å². The number of phenolic OH excluding ortho intramolecular Hbond substituents is 1. The minimum Gasteiger partial charge on any atom is -0.508 e. The summed E-state index contributed by atoms with van der Waals surface area (Å²) in [6.07, 6.45) is 0.184. The third kappa shape index (κ3) is 4.57. The smallest absolute Gasteiger partial charge is 0.255 e. The molecule has 0 heterocycles. The number of carbonyl (C=O) groups is 3. The van der Waals surface area contributed by atoms with Gasteiger partial charge in [-0.25, -0.2) is 4.39 Å². The summed E-state index contributed by atoms with van der Waals surface area (Å²) < 4.78 is 14.1. The number of nitrogens with zero attached hydrogens (tertiary/aromatic N) is 2. The molecule has 43 heavy (non-hydrogen) atoms. The summed E-state index contributed by atoms with van der Waals surface area (Å²) in [4.78, 5) is 42.8. The monoisotopic (exact) mass is 594 g/mol. The third-order valence-electron chi connectivity index (χ3n) is 8.85. The lowest BCUT2D eigenvalue weighted by atomic mass is 9.57. The second-order valence-corrected chi connectivity index (χ2v) is 11.8. The van der Waals surface area contributed by atoms with E-state index in [-0.39, 0.29) is 48.6 Å². The first-order valence-electron chi connectivity index (χ1n) is 13.9. The van der Waals surface area contributed by atoms with E-state index in [0.29, 0.717) is 22.4 Å². The number of aromatic hydroxyl groups is 1. The number of nitrogens with one attached hydrogen (secondary N) is 1. The van der Waals surface area contributed by atoms with Crippen molar-refractivity contribution in [3.63, 3.8) is 0 Å². The lowest BCUT2D eigenvalue weighted by molar-refractivity contribution is -0.153. The molecule has 3 aliphatic carbocycles. The van der Waals surface area contributed by atoms with E-state index < -0.39 is 58.0 Å². The molecule has 0 radical (unpaired) electrons. The van der Waals surface area contributed by atoms with Crippen LogP contribution in [0.2, 0.25) is 0 Å². The van der Waals surface area contributed by atoms with E-state index in [0.717, 1.165) is 0 Å². The van der Waals surface area contributed by atoms with Crippen molar-refractivity contribution in [3.8, 4) is 5.75 Å². The number of hydrogen-bond donors (Lipinski definition) is 6. The van der Waals surface area contributed by atoms with Gasteiger partial charge in [0.1, 0.15) is 28.7 Å². The van der Waals surface area contributed by atoms with Crippen molar-refractivity contribution >= 4 is 28.9 Å². The number of halogens is 1. The maximum absolute atomic E-state index is 14.1. The van der Waals surface area contributed by atoms with Crippen LogP contribution in [0.25, 0.3) is 5.76 Å². The molecule has 0 bridgehead atoms. The number of hydrogen-bond acceptors (Lipinski definition) is 10. The highest BCUT2D eigenvalue weighted by molar-refractivity contribution is 6.24. The first-order valence-corrected chi connectivity index (χ1v) is 13.9. The maximum atomic E-state index is 14.1. The molecule has 1 amide bonds. The van der Waals surface area contributed by atoms with Gasteiger partial charge in [0.05, 0.1) is 11.6 Å². The number of ketones is 2.